The number of nitrogens with one attached hydrogen (secondary N) is 1. The largest absolute Gasteiger partial charge is 0.442 e. The molecule has 1 aliphatic carbocycles. The molecule has 1 aromatic carbocycles. The van der Waals surface area contributed by atoms with Crippen molar-refractivity contribution in [3.05, 3.63) is 23.8 Å². The van der Waals surface area contributed by atoms with Gasteiger partial charge in [-0.2, -0.15) is 11.8 Å². The summed E-state index contributed by atoms with van der Waals surface area (Å²) in [5.41, 5.74) is 0.334. The van der Waals surface area contributed by atoms with E-state index in [0.29, 0.717) is 13.1 Å². The molecule has 3 aliphatic heterocycles. The summed E-state index contributed by atoms with van der Waals surface area (Å²) in [5, 5.41) is 2.76. The Kier molecular flexibility index (Phi) is 4.19. The standard InChI is InChI=1S/C19H21F2N3O3S/c20-14-3-12(4-15(21)16(14)23-7-19(8-23)9-28-10-19)24-6-13(27-18(24)26)5-22-17(25)11-1-2-11/h3-4,11,13H,1-2,5-10H2,(H,22,25)/t13-/m0/s1. The van der Waals surface area contributed by atoms with Crippen LogP contribution >= 0.6 is 11.8 Å². The number of nitrogens with zero attached hydrogens (tertiary/aromatic N) is 2. The lowest BCUT2D eigenvalue weighted by molar-refractivity contribution is -0.122. The predicted molar refractivity (Wildman–Crippen MR) is 102 cm³/mol. The Morgan fingerprint density at radius 2 is 1.93 bits per heavy atom. The van der Waals surface area contributed by atoms with E-state index in [4.69, 9.17) is 4.74 Å². The second-order valence-corrected chi connectivity index (χ2v) is 9.23. The highest BCUT2D eigenvalue weighted by molar-refractivity contribution is 8.00. The van der Waals surface area contributed by atoms with Crippen LogP contribution in [0.25, 0.3) is 0 Å². The Morgan fingerprint density at radius 3 is 2.50 bits per heavy atom. The Morgan fingerprint density at radius 1 is 1.25 bits per heavy atom. The third-order valence-electron chi connectivity index (χ3n) is 5.82. The van der Waals surface area contributed by atoms with Crippen LogP contribution in [0.4, 0.5) is 25.0 Å². The van der Waals surface area contributed by atoms with E-state index in [2.05, 4.69) is 5.32 Å². The van der Waals surface area contributed by atoms with Gasteiger partial charge in [-0.15, -0.1) is 0 Å². The second kappa shape index (κ2) is 6.50. The van der Waals surface area contributed by atoms with Crippen molar-refractivity contribution in [3.8, 4) is 0 Å². The number of carbonyl (C=O) groups excluding carboxylic acids is 2. The highest BCUT2D eigenvalue weighted by atomic mass is 32.2. The SMILES string of the molecule is O=C(NC[C@H]1CN(c2cc(F)c(N3CC4(CSC4)C3)c(F)c2)C(=O)O1)C1CC1. The second-order valence-electron chi connectivity index (χ2n) is 8.24. The van der Waals surface area contributed by atoms with E-state index >= 15 is 0 Å². The Labute approximate surface area is 165 Å². The fourth-order valence-electron chi connectivity index (χ4n) is 4.05. The van der Waals surface area contributed by atoms with Crippen LogP contribution in [0.15, 0.2) is 12.1 Å². The number of hydrogen-bond acceptors (Lipinski definition) is 5. The molecular weight excluding hydrogens is 388 g/mol. The summed E-state index contributed by atoms with van der Waals surface area (Å²) in [5.74, 6) is 0.785. The van der Waals surface area contributed by atoms with Gasteiger partial charge in [0.25, 0.3) is 0 Å². The molecule has 0 bridgehead atoms. The fraction of sp³-hybridized carbons (Fsp3) is 0.579. The van der Waals surface area contributed by atoms with Gasteiger partial charge in [0.2, 0.25) is 5.91 Å². The molecule has 5 rings (SSSR count). The van der Waals surface area contributed by atoms with Crippen LogP contribution < -0.4 is 15.1 Å². The molecule has 6 nitrogen and oxygen atoms in total. The minimum absolute atomic E-state index is 0.0212. The van der Waals surface area contributed by atoms with E-state index in [1.165, 1.54) is 17.0 Å². The zero-order valence-corrected chi connectivity index (χ0v) is 16.1. The molecule has 2 amide bonds. The van der Waals surface area contributed by atoms with Gasteiger partial charge in [0, 0.05) is 48.1 Å². The summed E-state index contributed by atoms with van der Waals surface area (Å²) in [6.45, 7) is 1.68. The Bertz CT molecular complexity index is 813. The molecule has 0 aromatic heterocycles. The van der Waals surface area contributed by atoms with Gasteiger partial charge in [-0.1, -0.05) is 0 Å². The van der Waals surface area contributed by atoms with Gasteiger partial charge in [-0.25, -0.2) is 13.6 Å². The molecule has 4 aliphatic rings. The molecule has 1 N–H and O–H groups in total. The van der Waals surface area contributed by atoms with Crippen molar-refractivity contribution in [3.63, 3.8) is 0 Å². The van der Waals surface area contributed by atoms with Gasteiger partial charge in [0.15, 0.2) is 11.6 Å². The average Bonchev–Trinajstić information content (AvgIpc) is 3.35. The van der Waals surface area contributed by atoms with Crippen LogP contribution in [-0.2, 0) is 9.53 Å². The maximum atomic E-state index is 14.7. The number of anilines is 2. The van der Waals surface area contributed by atoms with Gasteiger partial charge in [-0.05, 0) is 12.8 Å². The van der Waals surface area contributed by atoms with Crippen molar-refractivity contribution in [1.82, 2.24) is 5.32 Å². The summed E-state index contributed by atoms with van der Waals surface area (Å²) in [6, 6.07) is 2.37. The van der Waals surface area contributed by atoms with E-state index in [0.717, 1.165) is 24.3 Å². The molecule has 9 heteroatoms. The average molecular weight is 409 g/mol. The molecule has 0 radical (unpaired) electrons. The minimum Gasteiger partial charge on any atom is -0.442 e. The number of hydrogen-bond donors (Lipinski definition) is 1. The van der Waals surface area contributed by atoms with Crippen LogP contribution in [0.5, 0.6) is 0 Å². The number of carbonyl (C=O) groups is 2. The fourth-order valence-corrected chi connectivity index (χ4v) is 5.19. The van der Waals surface area contributed by atoms with E-state index in [1.807, 2.05) is 11.8 Å². The summed E-state index contributed by atoms with van der Waals surface area (Å²) >= 11 is 1.86. The smallest absolute Gasteiger partial charge is 0.414 e. The topological polar surface area (TPSA) is 61.9 Å². The highest BCUT2D eigenvalue weighted by Crippen LogP contribution is 2.48. The van der Waals surface area contributed by atoms with E-state index in [1.54, 1.807) is 4.90 Å². The lowest BCUT2D eigenvalue weighted by Gasteiger charge is -2.56. The normalized spacial score (nSPS) is 25.4. The summed E-state index contributed by atoms with van der Waals surface area (Å²) in [7, 11) is 0. The summed E-state index contributed by atoms with van der Waals surface area (Å²) in [4.78, 5) is 26.8. The minimum atomic E-state index is -0.671. The van der Waals surface area contributed by atoms with Crippen LogP contribution in [-0.4, -0.2) is 55.8 Å². The van der Waals surface area contributed by atoms with Crippen LogP contribution in [0.2, 0.25) is 0 Å². The third kappa shape index (κ3) is 3.09. The van der Waals surface area contributed by atoms with Crippen molar-refractivity contribution in [1.29, 1.82) is 0 Å². The zero-order valence-electron chi connectivity index (χ0n) is 15.2. The Hall–Kier alpha value is -2.03. The zero-order chi connectivity index (χ0) is 19.5. The number of amides is 2. The van der Waals surface area contributed by atoms with Gasteiger partial charge in [0.1, 0.15) is 11.8 Å². The number of ether oxygens (including phenoxy) is 1. The van der Waals surface area contributed by atoms with Crippen molar-refractivity contribution in [2.24, 2.45) is 11.3 Å². The van der Waals surface area contributed by atoms with Crippen LogP contribution in [0, 0.1) is 23.0 Å². The maximum Gasteiger partial charge on any atom is 0.414 e. The van der Waals surface area contributed by atoms with E-state index in [-0.39, 0.29) is 41.7 Å². The molecule has 3 saturated heterocycles. The van der Waals surface area contributed by atoms with Gasteiger partial charge in [0.05, 0.1) is 18.8 Å². The van der Waals surface area contributed by atoms with Crippen LogP contribution in [0.3, 0.4) is 0 Å². The summed E-state index contributed by atoms with van der Waals surface area (Å²) < 4.78 is 34.6. The quantitative estimate of drug-likeness (QED) is 0.809. The molecule has 4 fully saturated rings. The van der Waals surface area contributed by atoms with E-state index in [9.17, 15) is 18.4 Å². The van der Waals surface area contributed by atoms with Crippen LogP contribution in [0.1, 0.15) is 12.8 Å². The van der Waals surface area contributed by atoms with Crippen molar-refractivity contribution < 1.29 is 23.1 Å². The molecular formula is C19H21F2N3O3S. The number of halogens is 2. The molecule has 28 heavy (non-hydrogen) atoms. The van der Waals surface area contributed by atoms with Crippen molar-refractivity contribution >= 4 is 35.1 Å². The predicted octanol–water partition coefficient (Wildman–Crippen LogP) is 2.37. The van der Waals surface area contributed by atoms with Crippen molar-refractivity contribution in [2.75, 3.05) is 47.5 Å². The number of thioether (sulfide) groups is 1. The first-order valence-electron chi connectivity index (χ1n) is 9.52. The van der Waals surface area contributed by atoms with E-state index < -0.39 is 23.8 Å². The first kappa shape index (κ1) is 18.0. The third-order valence-corrected chi connectivity index (χ3v) is 7.46. The molecule has 1 saturated carbocycles. The summed E-state index contributed by atoms with van der Waals surface area (Å²) in [6.07, 6.45) is 0.591. The molecule has 3 heterocycles. The van der Waals surface area contributed by atoms with Gasteiger partial charge < -0.3 is 15.0 Å². The molecule has 150 valence electrons. The first-order chi connectivity index (χ1) is 13.4. The number of benzene rings is 1. The molecule has 1 atom stereocenters. The van der Waals surface area contributed by atoms with Gasteiger partial charge in [-0.3, -0.25) is 9.69 Å². The Balaban J connectivity index is 1.25. The lowest BCUT2D eigenvalue weighted by atomic mass is 9.82. The number of rotatable bonds is 5. The molecule has 1 spiro atoms. The highest BCUT2D eigenvalue weighted by Gasteiger charge is 2.49. The maximum absolute atomic E-state index is 14.7. The first-order valence-corrected chi connectivity index (χ1v) is 10.7. The van der Waals surface area contributed by atoms with Gasteiger partial charge >= 0.3 is 6.09 Å². The van der Waals surface area contributed by atoms with Crippen molar-refractivity contribution in [2.45, 2.75) is 18.9 Å². The lowest BCUT2D eigenvalue weighted by Crippen LogP contribution is -2.63. The molecule has 1 aromatic rings. The number of cyclic esters (lactones) is 1. The molecule has 0 unspecified atom stereocenters. The monoisotopic (exact) mass is 409 g/mol.